The Balaban J connectivity index is 2.31. The summed E-state index contributed by atoms with van der Waals surface area (Å²) in [6.45, 7) is 2.00. The van der Waals surface area contributed by atoms with Gasteiger partial charge in [0.05, 0.1) is 5.69 Å². The highest BCUT2D eigenvalue weighted by atomic mass is 32.2. The molecule has 0 amide bonds. The van der Waals surface area contributed by atoms with Crippen molar-refractivity contribution >= 4 is 15.7 Å². The van der Waals surface area contributed by atoms with Crippen LogP contribution in [0, 0.1) is 0 Å². The molecule has 0 aliphatic rings. The number of hydrogen-bond donors (Lipinski definition) is 2. The molecule has 0 saturated heterocycles. The zero-order valence-corrected chi connectivity index (χ0v) is 12.3. The topological polar surface area (TPSA) is 58.2 Å². The molecule has 1 unspecified atom stereocenters. The number of sulfonamides is 1. The summed E-state index contributed by atoms with van der Waals surface area (Å²) in [5, 5.41) is 3.25. The first-order chi connectivity index (χ1) is 9.54. The van der Waals surface area contributed by atoms with Crippen LogP contribution < -0.4 is 10.0 Å². The molecule has 5 heteroatoms. The Morgan fingerprint density at radius 2 is 1.55 bits per heavy atom. The largest absolute Gasteiger partial charge is 0.377 e. The average Bonchev–Trinajstić information content (AvgIpc) is 2.48. The lowest BCUT2D eigenvalue weighted by Crippen LogP contribution is -2.20. The fourth-order valence-corrected chi connectivity index (χ4v) is 2.88. The number of anilines is 1. The molecule has 2 aromatic carbocycles. The zero-order chi connectivity index (χ0) is 14.6. The van der Waals surface area contributed by atoms with Crippen LogP contribution in [0.5, 0.6) is 0 Å². The van der Waals surface area contributed by atoms with E-state index < -0.39 is 10.0 Å². The fraction of sp³-hybridized carbons (Fsp3) is 0.200. The van der Waals surface area contributed by atoms with Gasteiger partial charge in [-0.2, -0.15) is 0 Å². The first-order valence-electron chi connectivity index (χ1n) is 6.38. The molecule has 0 bridgehead atoms. The van der Waals surface area contributed by atoms with Gasteiger partial charge >= 0.3 is 0 Å². The van der Waals surface area contributed by atoms with E-state index in [-0.39, 0.29) is 10.9 Å². The maximum Gasteiger partial charge on any atom is 0.242 e. The Labute approximate surface area is 119 Å². The lowest BCUT2D eigenvalue weighted by molar-refractivity contribution is 0.588. The normalized spacial score (nSPS) is 12.9. The molecule has 0 spiro atoms. The average molecular weight is 290 g/mol. The standard InChI is InChI=1S/C15H18N2O2S/c1-12(13-8-4-3-5-9-13)17-14-10-6-7-11-15(14)20(18,19)16-2/h3-12,16-17H,1-2H3. The summed E-state index contributed by atoms with van der Waals surface area (Å²) >= 11 is 0. The first kappa shape index (κ1) is 14.6. The highest BCUT2D eigenvalue weighted by Gasteiger charge is 2.17. The summed E-state index contributed by atoms with van der Waals surface area (Å²) in [4.78, 5) is 0.255. The van der Waals surface area contributed by atoms with E-state index in [4.69, 9.17) is 0 Å². The van der Waals surface area contributed by atoms with E-state index in [0.29, 0.717) is 5.69 Å². The van der Waals surface area contributed by atoms with E-state index in [1.165, 1.54) is 7.05 Å². The van der Waals surface area contributed by atoms with Crippen LogP contribution in [0.1, 0.15) is 18.5 Å². The third-order valence-corrected chi connectivity index (χ3v) is 4.59. The van der Waals surface area contributed by atoms with Gasteiger partial charge in [0.1, 0.15) is 4.90 Å². The van der Waals surface area contributed by atoms with Crippen LogP contribution in [0.25, 0.3) is 0 Å². The number of rotatable bonds is 5. The molecule has 0 saturated carbocycles. The summed E-state index contributed by atoms with van der Waals surface area (Å²) in [5.74, 6) is 0. The lowest BCUT2D eigenvalue weighted by atomic mass is 10.1. The first-order valence-corrected chi connectivity index (χ1v) is 7.87. The third kappa shape index (κ3) is 3.18. The monoisotopic (exact) mass is 290 g/mol. The van der Waals surface area contributed by atoms with Crippen molar-refractivity contribution in [3.05, 3.63) is 60.2 Å². The highest BCUT2D eigenvalue weighted by Crippen LogP contribution is 2.25. The summed E-state index contributed by atoms with van der Waals surface area (Å²) in [7, 11) is -2.06. The molecule has 0 heterocycles. The molecule has 2 N–H and O–H groups in total. The van der Waals surface area contributed by atoms with Crippen molar-refractivity contribution in [2.75, 3.05) is 12.4 Å². The van der Waals surface area contributed by atoms with E-state index in [1.807, 2.05) is 43.3 Å². The van der Waals surface area contributed by atoms with Crippen LogP contribution >= 0.6 is 0 Å². The van der Waals surface area contributed by atoms with Crippen molar-refractivity contribution in [2.24, 2.45) is 0 Å². The SMILES string of the molecule is CNS(=O)(=O)c1ccccc1NC(C)c1ccccc1. The van der Waals surface area contributed by atoms with Gasteiger partial charge in [0.2, 0.25) is 10.0 Å². The van der Waals surface area contributed by atoms with Crippen molar-refractivity contribution in [3.8, 4) is 0 Å². The maximum absolute atomic E-state index is 12.0. The molecule has 0 fully saturated rings. The molecule has 1 atom stereocenters. The Kier molecular flexibility index (Phi) is 4.42. The number of benzene rings is 2. The second-order valence-electron chi connectivity index (χ2n) is 4.48. The second kappa shape index (κ2) is 6.07. The summed E-state index contributed by atoms with van der Waals surface area (Å²) in [5.41, 5.74) is 1.70. The second-order valence-corrected chi connectivity index (χ2v) is 6.34. The van der Waals surface area contributed by atoms with Crippen LogP contribution in [0.3, 0.4) is 0 Å². The van der Waals surface area contributed by atoms with Gasteiger partial charge in [-0.05, 0) is 31.7 Å². The van der Waals surface area contributed by atoms with Crippen molar-refractivity contribution in [1.82, 2.24) is 4.72 Å². The van der Waals surface area contributed by atoms with Gasteiger partial charge in [-0.1, -0.05) is 42.5 Å². The number of para-hydroxylation sites is 1. The molecule has 4 nitrogen and oxygen atoms in total. The Hall–Kier alpha value is -1.85. The molecular weight excluding hydrogens is 272 g/mol. The van der Waals surface area contributed by atoms with E-state index in [2.05, 4.69) is 10.0 Å². The van der Waals surface area contributed by atoms with Gasteiger partial charge in [0.25, 0.3) is 0 Å². The third-order valence-electron chi connectivity index (χ3n) is 3.12. The number of hydrogen-bond acceptors (Lipinski definition) is 3. The minimum Gasteiger partial charge on any atom is -0.377 e. The van der Waals surface area contributed by atoms with Crippen molar-refractivity contribution in [2.45, 2.75) is 17.9 Å². The Morgan fingerprint density at radius 1 is 0.950 bits per heavy atom. The van der Waals surface area contributed by atoms with Crippen LogP contribution in [0.2, 0.25) is 0 Å². The summed E-state index contributed by atoms with van der Waals surface area (Å²) in [6, 6.07) is 16.8. The van der Waals surface area contributed by atoms with E-state index >= 15 is 0 Å². The quantitative estimate of drug-likeness (QED) is 0.890. The van der Waals surface area contributed by atoms with Gasteiger partial charge in [0, 0.05) is 6.04 Å². The fourth-order valence-electron chi connectivity index (χ4n) is 1.99. The Morgan fingerprint density at radius 3 is 2.20 bits per heavy atom. The van der Waals surface area contributed by atoms with Crippen LogP contribution in [0.15, 0.2) is 59.5 Å². The minimum atomic E-state index is -3.47. The lowest BCUT2D eigenvalue weighted by Gasteiger charge is -2.18. The van der Waals surface area contributed by atoms with Gasteiger partial charge in [0.15, 0.2) is 0 Å². The predicted octanol–water partition coefficient (Wildman–Crippen LogP) is 2.77. The summed E-state index contributed by atoms with van der Waals surface area (Å²) in [6.07, 6.45) is 0. The molecule has 2 aromatic rings. The van der Waals surface area contributed by atoms with E-state index in [1.54, 1.807) is 18.2 Å². The van der Waals surface area contributed by atoms with E-state index in [9.17, 15) is 8.42 Å². The van der Waals surface area contributed by atoms with Crippen molar-refractivity contribution < 1.29 is 8.42 Å². The minimum absolute atomic E-state index is 0.0180. The van der Waals surface area contributed by atoms with E-state index in [0.717, 1.165) is 5.56 Å². The van der Waals surface area contributed by atoms with Crippen molar-refractivity contribution in [1.29, 1.82) is 0 Å². The molecule has 0 radical (unpaired) electrons. The zero-order valence-electron chi connectivity index (χ0n) is 11.5. The van der Waals surface area contributed by atoms with Gasteiger partial charge < -0.3 is 5.32 Å². The predicted molar refractivity (Wildman–Crippen MR) is 81.2 cm³/mol. The van der Waals surface area contributed by atoms with Gasteiger partial charge in [-0.25, -0.2) is 13.1 Å². The molecular formula is C15H18N2O2S. The molecule has 0 aliphatic heterocycles. The van der Waals surface area contributed by atoms with Crippen molar-refractivity contribution in [3.63, 3.8) is 0 Å². The van der Waals surface area contributed by atoms with Crippen LogP contribution in [-0.4, -0.2) is 15.5 Å². The molecule has 0 aliphatic carbocycles. The summed E-state index contributed by atoms with van der Waals surface area (Å²) < 4.78 is 26.3. The van der Waals surface area contributed by atoms with Gasteiger partial charge in [-0.3, -0.25) is 0 Å². The van der Waals surface area contributed by atoms with Gasteiger partial charge in [-0.15, -0.1) is 0 Å². The molecule has 20 heavy (non-hydrogen) atoms. The molecule has 106 valence electrons. The maximum atomic E-state index is 12.0. The smallest absolute Gasteiger partial charge is 0.242 e. The van der Waals surface area contributed by atoms with Crippen LogP contribution in [0.4, 0.5) is 5.69 Å². The highest BCUT2D eigenvalue weighted by molar-refractivity contribution is 7.89. The molecule has 0 aromatic heterocycles. The Bertz CT molecular complexity index is 669. The van der Waals surface area contributed by atoms with Crippen LogP contribution in [-0.2, 0) is 10.0 Å². The number of nitrogens with one attached hydrogen (secondary N) is 2. The molecule has 2 rings (SSSR count).